The van der Waals surface area contributed by atoms with E-state index in [1.807, 2.05) is 6.92 Å². The fourth-order valence-electron chi connectivity index (χ4n) is 2.42. The van der Waals surface area contributed by atoms with Gasteiger partial charge < -0.3 is 9.15 Å². The molecule has 1 amide bonds. The maximum absolute atomic E-state index is 12.3. The van der Waals surface area contributed by atoms with Crippen LogP contribution in [0.15, 0.2) is 74.9 Å². The first-order valence-electron chi connectivity index (χ1n) is 8.75. The lowest BCUT2D eigenvalue weighted by Crippen LogP contribution is -2.18. The van der Waals surface area contributed by atoms with Crippen molar-refractivity contribution < 1.29 is 18.7 Å². The maximum atomic E-state index is 12.3. The number of hydrogen-bond donors (Lipinski definition) is 1. The summed E-state index contributed by atoms with van der Waals surface area (Å²) in [6.07, 6.45) is 5.64. The average molecular weight is 488 g/mol. The molecular weight excluding hydrogens is 472 g/mol. The Morgan fingerprint density at radius 1 is 1.20 bits per heavy atom. The second-order valence-corrected chi connectivity index (χ2v) is 7.46. The zero-order valence-corrected chi connectivity index (χ0v) is 18.1. The van der Waals surface area contributed by atoms with Crippen molar-refractivity contribution in [2.24, 2.45) is 5.10 Å². The molecule has 0 atom stereocenters. The molecule has 3 rings (SSSR count). The number of nitrogens with zero attached hydrogens (tertiary/aromatic N) is 1. The lowest BCUT2D eigenvalue weighted by Gasteiger charge is -2.07. The molecule has 2 aromatic carbocycles. The van der Waals surface area contributed by atoms with Crippen molar-refractivity contribution in [1.82, 2.24) is 5.43 Å². The minimum atomic E-state index is -0.584. The van der Waals surface area contributed by atoms with Crippen molar-refractivity contribution in [2.45, 2.75) is 6.92 Å². The van der Waals surface area contributed by atoms with Crippen molar-refractivity contribution in [1.29, 1.82) is 0 Å². The first-order chi connectivity index (χ1) is 14.4. The summed E-state index contributed by atoms with van der Waals surface area (Å²) in [5.74, 6) is -0.231. The van der Waals surface area contributed by atoms with E-state index in [-0.39, 0.29) is 5.75 Å². The van der Waals surface area contributed by atoms with Crippen LogP contribution in [0, 0.1) is 6.92 Å². The van der Waals surface area contributed by atoms with Crippen LogP contribution in [0.2, 0.25) is 5.02 Å². The van der Waals surface area contributed by atoms with E-state index in [1.165, 1.54) is 24.6 Å². The molecule has 0 unspecified atom stereocenters. The van der Waals surface area contributed by atoms with Crippen LogP contribution < -0.4 is 10.2 Å². The number of amides is 1. The zero-order valence-electron chi connectivity index (χ0n) is 15.8. The van der Waals surface area contributed by atoms with Crippen molar-refractivity contribution in [3.05, 3.63) is 92.8 Å². The van der Waals surface area contributed by atoms with Gasteiger partial charge in [-0.25, -0.2) is 10.2 Å². The number of nitrogens with one attached hydrogen (secondary N) is 1. The zero-order chi connectivity index (χ0) is 21.5. The number of furan rings is 1. The quantitative estimate of drug-likeness (QED) is 0.166. The first-order valence-corrected chi connectivity index (χ1v) is 9.92. The largest absolute Gasteiger partial charge is 0.465 e. The van der Waals surface area contributed by atoms with Gasteiger partial charge in [0.25, 0.3) is 5.91 Å². The van der Waals surface area contributed by atoms with Crippen LogP contribution in [0.4, 0.5) is 0 Å². The number of aryl methyl sites for hydroxylation is 1. The molecule has 0 saturated heterocycles. The van der Waals surface area contributed by atoms with E-state index in [4.69, 9.17) is 20.8 Å². The third kappa shape index (κ3) is 5.92. The van der Waals surface area contributed by atoms with E-state index >= 15 is 0 Å². The monoisotopic (exact) mass is 486 g/mol. The summed E-state index contributed by atoms with van der Waals surface area (Å²) < 4.78 is 11.2. The Labute approximate surface area is 186 Å². The van der Waals surface area contributed by atoms with Gasteiger partial charge in [-0.15, -0.1) is 0 Å². The Hall–Kier alpha value is -3.16. The highest BCUT2D eigenvalue weighted by Gasteiger charge is 2.10. The Morgan fingerprint density at radius 3 is 2.77 bits per heavy atom. The molecule has 0 spiro atoms. The van der Waals surface area contributed by atoms with Crippen molar-refractivity contribution in [3.8, 4) is 5.75 Å². The fourth-order valence-corrected chi connectivity index (χ4v) is 3.12. The van der Waals surface area contributed by atoms with Gasteiger partial charge in [0.05, 0.1) is 23.1 Å². The van der Waals surface area contributed by atoms with Crippen LogP contribution in [-0.2, 0) is 4.79 Å². The van der Waals surface area contributed by atoms with Gasteiger partial charge in [-0.05, 0) is 61.0 Å². The molecule has 0 fully saturated rings. The molecule has 0 saturated carbocycles. The van der Waals surface area contributed by atoms with E-state index in [1.54, 1.807) is 48.5 Å². The minimum Gasteiger partial charge on any atom is -0.465 e. The van der Waals surface area contributed by atoms with Crippen molar-refractivity contribution >= 4 is 51.7 Å². The molecule has 0 radical (unpaired) electrons. The fraction of sp³-hybridized carbons (Fsp3) is 0.0455. The SMILES string of the molecule is Cc1ccc(C(=O)NN=Cc2cc(Br)ccc2OC(=O)C=Cc2ccco2)c(Cl)c1. The average Bonchev–Trinajstić information content (AvgIpc) is 3.22. The van der Waals surface area contributed by atoms with Gasteiger partial charge in [0.1, 0.15) is 11.5 Å². The molecule has 1 N–H and O–H groups in total. The molecule has 0 bridgehead atoms. The van der Waals surface area contributed by atoms with Crippen LogP contribution in [0.5, 0.6) is 5.75 Å². The molecule has 0 aliphatic rings. The lowest BCUT2D eigenvalue weighted by atomic mass is 10.1. The maximum Gasteiger partial charge on any atom is 0.336 e. The van der Waals surface area contributed by atoms with Crippen LogP contribution >= 0.6 is 27.5 Å². The summed E-state index contributed by atoms with van der Waals surface area (Å²) in [6.45, 7) is 1.88. The van der Waals surface area contributed by atoms with Crippen molar-refractivity contribution in [2.75, 3.05) is 0 Å². The van der Waals surface area contributed by atoms with E-state index in [2.05, 4.69) is 26.5 Å². The second kappa shape index (κ2) is 10.0. The van der Waals surface area contributed by atoms with Gasteiger partial charge in [-0.3, -0.25) is 4.79 Å². The standard InChI is InChI=1S/C22H16BrClN2O4/c1-14-4-7-18(19(24)11-14)22(28)26-25-13-15-12-16(23)5-8-20(15)30-21(27)9-6-17-3-2-10-29-17/h2-13H,1H3,(H,26,28). The summed E-state index contributed by atoms with van der Waals surface area (Å²) in [5.41, 5.74) is 4.16. The van der Waals surface area contributed by atoms with Crippen molar-refractivity contribution in [3.63, 3.8) is 0 Å². The molecular formula is C22H16BrClN2O4. The Morgan fingerprint density at radius 2 is 2.03 bits per heavy atom. The summed E-state index contributed by atoms with van der Waals surface area (Å²) >= 11 is 9.46. The van der Waals surface area contributed by atoms with E-state index < -0.39 is 11.9 Å². The van der Waals surface area contributed by atoms with Gasteiger partial charge in [-0.2, -0.15) is 5.10 Å². The van der Waals surface area contributed by atoms with Crippen LogP contribution in [0.3, 0.4) is 0 Å². The number of benzene rings is 2. The number of carbonyl (C=O) groups excluding carboxylic acids is 2. The number of hydrazone groups is 1. The molecule has 3 aromatic rings. The second-order valence-electron chi connectivity index (χ2n) is 6.13. The normalized spacial score (nSPS) is 11.2. The molecule has 152 valence electrons. The lowest BCUT2D eigenvalue weighted by molar-refractivity contribution is -0.128. The predicted octanol–water partition coefficient (Wildman–Crippen LogP) is 5.39. The van der Waals surface area contributed by atoms with E-state index in [9.17, 15) is 9.59 Å². The molecule has 6 nitrogen and oxygen atoms in total. The highest BCUT2D eigenvalue weighted by molar-refractivity contribution is 9.10. The van der Waals surface area contributed by atoms with E-state index in [0.717, 1.165) is 10.0 Å². The third-order valence-electron chi connectivity index (χ3n) is 3.85. The number of rotatable bonds is 6. The van der Waals surface area contributed by atoms with Crippen LogP contribution in [0.25, 0.3) is 6.08 Å². The highest BCUT2D eigenvalue weighted by atomic mass is 79.9. The van der Waals surface area contributed by atoms with E-state index in [0.29, 0.717) is 21.9 Å². The Kier molecular flexibility index (Phi) is 7.21. The van der Waals surface area contributed by atoms with Gasteiger partial charge >= 0.3 is 5.97 Å². The van der Waals surface area contributed by atoms with Gasteiger partial charge in [0, 0.05) is 16.1 Å². The predicted molar refractivity (Wildman–Crippen MR) is 119 cm³/mol. The topological polar surface area (TPSA) is 80.9 Å². The number of esters is 1. The molecule has 8 heteroatoms. The molecule has 30 heavy (non-hydrogen) atoms. The van der Waals surface area contributed by atoms with Gasteiger partial charge in [-0.1, -0.05) is 33.6 Å². The minimum absolute atomic E-state index is 0.277. The number of carbonyl (C=O) groups is 2. The Balaban J connectivity index is 1.70. The molecule has 1 aromatic heterocycles. The summed E-state index contributed by atoms with van der Waals surface area (Å²) in [6, 6.07) is 13.6. The van der Waals surface area contributed by atoms with Crippen LogP contribution in [0.1, 0.15) is 27.2 Å². The van der Waals surface area contributed by atoms with Gasteiger partial charge in [0.2, 0.25) is 0 Å². The third-order valence-corrected chi connectivity index (χ3v) is 4.65. The Bertz CT molecular complexity index is 1120. The summed E-state index contributed by atoms with van der Waals surface area (Å²) in [4.78, 5) is 24.4. The first kappa shape index (κ1) is 21.5. The summed E-state index contributed by atoms with van der Waals surface area (Å²) in [7, 11) is 0. The molecule has 1 heterocycles. The molecule has 0 aliphatic heterocycles. The van der Waals surface area contributed by atoms with Gasteiger partial charge in [0.15, 0.2) is 0 Å². The highest BCUT2D eigenvalue weighted by Crippen LogP contribution is 2.22. The van der Waals surface area contributed by atoms with Crippen LogP contribution in [-0.4, -0.2) is 18.1 Å². The summed E-state index contributed by atoms with van der Waals surface area (Å²) in [5, 5.41) is 4.29. The number of ether oxygens (including phenoxy) is 1. The number of hydrogen-bond acceptors (Lipinski definition) is 5. The molecule has 0 aliphatic carbocycles. The number of halogens is 2. The smallest absolute Gasteiger partial charge is 0.336 e.